The molecule has 0 radical (unpaired) electrons. The third-order valence-corrected chi connectivity index (χ3v) is 3.10. The van der Waals surface area contributed by atoms with Crippen LogP contribution in [0.4, 0.5) is 5.82 Å². The molecule has 1 aromatic heterocycles. The molecule has 0 aliphatic rings. The lowest BCUT2D eigenvalue weighted by Crippen LogP contribution is -2.19. The predicted molar refractivity (Wildman–Crippen MR) is 65.3 cm³/mol. The maximum Gasteiger partial charge on any atom is 0.128 e. The number of halogens is 1. The number of aryl methyl sites for hydroxylation is 1. The molecule has 0 spiro atoms. The van der Waals surface area contributed by atoms with Crippen molar-refractivity contribution in [1.82, 2.24) is 4.98 Å². The maximum absolute atomic E-state index is 4.51. The largest absolute Gasteiger partial charge is 0.360 e. The minimum absolute atomic E-state index is 1.06. The van der Waals surface area contributed by atoms with Crippen LogP contribution in [0.5, 0.6) is 0 Å². The van der Waals surface area contributed by atoms with Gasteiger partial charge in [0.25, 0.3) is 0 Å². The molecule has 0 fully saturated rings. The first kappa shape index (κ1) is 10.8. The zero-order chi connectivity index (χ0) is 9.84. The summed E-state index contributed by atoms with van der Waals surface area (Å²) in [6.45, 7) is 5.29. The standard InChI is InChI=1S/C10H15IN2/c1-4-7-13(3)10-6-5-9(11)8(2)12-10/h5-6H,4,7H2,1-3H3. The highest BCUT2D eigenvalue weighted by molar-refractivity contribution is 14.1. The fourth-order valence-corrected chi connectivity index (χ4v) is 1.49. The van der Waals surface area contributed by atoms with Crippen LogP contribution in [0.1, 0.15) is 19.0 Å². The monoisotopic (exact) mass is 290 g/mol. The molecule has 0 amide bonds. The summed E-state index contributed by atoms with van der Waals surface area (Å²) in [5.74, 6) is 1.07. The van der Waals surface area contributed by atoms with E-state index in [0.717, 1.165) is 24.5 Å². The van der Waals surface area contributed by atoms with Crippen LogP contribution < -0.4 is 4.90 Å². The minimum Gasteiger partial charge on any atom is -0.360 e. The number of aromatic nitrogens is 1. The van der Waals surface area contributed by atoms with Crippen LogP contribution >= 0.6 is 22.6 Å². The highest BCUT2D eigenvalue weighted by atomic mass is 127. The first-order valence-corrected chi connectivity index (χ1v) is 5.57. The average molecular weight is 290 g/mol. The number of nitrogens with zero attached hydrogens (tertiary/aromatic N) is 2. The lowest BCUT2D eigenvalue weighted by molar-refractivity contribution is 0.834. The summed E-state index contributed by atoms with van der Waals surface area (Å²) < 4.78 is 1.23. The van der Waals surface area contributed by atoms with Crippen LogP contribution in [0.2, 0.25) is 0 Å². The second kappa shape index (κ2) is 4.79. The Morgan fingerprint density at radius 1 is 1.46 bits per heavy atom. The summed E-state index contributed by atoms with van der Waals surface area (Å²) in [5, 5.41) is 0. The van der Waals surface area contributed by atoms with Gasteiger partial charge in [-0.25, -0.2) is 4.98 Å². The van der Waals surface area contributed by atoms with Crippen molar-refractivity contribution in [3.05, 3.63) is 21.4 Å². The molecule has 2 nitrogen and oxygen atoms in total. The van der Waals surface area contributed by atoms with E-state index >= 15 is 0 Å². The number of rotatable bonds is 3. The van der Waals surface area contributed by atoms with E-state index in [1.54, 1.807) is 0 Å². The third-order valence-electron chi connectivity index (χ3n) is 1.96. The second-order valence-electron chi connectivity index (χ2n) is 3.16. The Morgan fingerprint density at radius 2 is 2.15 bits per heavy atom. The molecule has 0 N–H and O–H groups in total. The van der Waals surface area contributed by atoms with E-state index < -0.39 is 0 Å². The number of anilines is 1. The van der Waals surface area contributed by atoms with Gasteiger partial charge in [0.1, 0.15) is 5.82 Å². The van der Waals surface area contributed by atoms with E-state index in [9.17, 15) is 0 Å². The van der Waals surface area contributed by atoms with Crippen LogP contribution in [0, 0.1) is 10.5 Å². The van der Waals surface area contributed by atoms with Crippen molar-refractivity contribution < 1.29 is 0 Å². The molecule has 72 valence electrons. The molecule has 0 aliphatic heterocycles. The average Bonchev–Trinajstić information content (AvgIpc) is 2.10. The Hall–Kier alpha value is -0.320. The maximum atomic E-state index is 4.51. The highest BCUT2D eigenvalue weighted by Gasteiger charge is 2.02. The van der Waals surface area contributed by atoms with Gasteiger partial charge < -0.3 is 4.90 Å². The summed E-state index contributed by atoms with van der Waals surface area (Å²) in [5.41, 5.74) is 1.11. The van der Waals surface area contributed by atoms with Crippen LogP contribution in [0.15, 0.2) is 12.1 Å². The van der Waals surface area contributed by atoms with Crippen molar-refractivity contribution in [3.8, 4) is 0 Å². The smallest absolute Gasteiger partial charge is 0.128 e. The zero-order valence-electron chi connectivity index (χ0n) is 8.34. The normalized spacial score (nSPS) is 10.2. The highest BCUT2D eigenvalue weighted by Crippen LogP contribution is 2.15. The Kier molecular flexibility index (Phi) is 3.96. The molecule has 0 unspecified atom stereocenters. The van der Waals surface area contributed by atoms with Gasteiger partial charge in [-0.05, 0) is 48.1 Å². The molecule has 1 heterocycles. The molecule has 0 aromatic carbocycles. The number of hydrogen-bond acceptors (Lipinski definition) is 2. The summed E-state index contributed by atoms with van der Waals surface area (Å²) in [7, 11) is 2.08. The van der Waals surface area contributed by atoms with Gasteiger partial charge >= 0.3 is 0 Å². The number of pyridine rings is 1. The van der Waals surface area contributed by atoms with E-state index in [2.05, 4.69) is 58.6 Å². The van der Waals surface area contributed by atoms with Crippen LogP contribution in [-0.4, -0.2) is 18.6 Å². The molecule has 0 atom stereocenters. The molecule has 0 aliphatic carbocycles. The fourth-order valence-electron chi connectivity index (χ4n) is 1.19. The Labute approximate surface area is 93.5 Å². The van der Waals surface area contributed by atoms with E-state index in [1.165, 1.54) is 3.57 Å². The van der Waals surface area contributed by atoms with E-state index in [0.29, 0.717) is 0 Å². The van der Waals surface area contributed by atoms with E-state index in [-0.39, 0.29) is 0 Å². The Morgan fingerprint density at radius 3 is 2.69 bits per heavy atom. The molecule has 0 saturated carbocycles. The SMILES string of the molecule is CCCN(C)c1ccc(I)c(C)n1. The molecule has 1 aromatic rings. The van der Waals surface area contributed by atoms with Crippen molar-refractivity contribution in [3.63, 3.8) is 0 Å². The lowest BCUT2D eigenvalue weighted by atomic mass is 10.3. The van der Waals surface area contributed by atoms with Gasteiger partial charge in [0.05, 0.1) is 5.69 Å². The molecular weight excluding hydrogens is 275 g/mol. The van der Waals surface area contributed by atoms with Crippen LogP contribution in [0.25, 0.3) is 0 Å². The van der Waals surface area contributed by atoms with Gasteiger partial charge in [-0.15, -0.1) is 0 Å². The van der Waals surface area contributed by atoms with Gasteiger partial charge in [0.2, 0.25) is 0 Å². The van der Waals surface area contributed by atoms with Crippen molar-refractivity contribution in [2.75, 3.05) is 18.5 Å². The van der Waals surface area contributed by atoms with Gasteiger partial charge in [-0.2, -0.15) is 0 Å². The molecule has 0 bridgehead atoms. The van der Waals surface area contributed by atoms with Crippen molar-refractivity contribution in [1.29, 1.82) is 0 Å². The molecule has 0 saturated heterocycles. The van der Waals surface area contributed by atoms with Crippen molar-refractivity contribution >= 4 is 28.4 Å². The second-order valence-corrected chi connectivity index (χ2v) is 4.32. The lowest BCUT2D eigenvalue weighted by Gasteiger charge is -2.17. The first-order chi connectivity index (χ1) is 6.15. The third kappa shape index (κ3) is 2.83. The van der Waals surface area contributed by atoms with Crippen LogP contribution in [-0.2, 0) is 0 Å². The van der Waals surface area contributed by atoms with Gasteiger partial charge in [-0.1, -0.05) is 6.92 Å². The predicted octanol–water partition coefficient (Wildman–Crippen LogP) is 2.84. The molecule has 1 rings (SSSR count). The number of hydrogen-bond donors (Lipinski definition) is 0. The molecule has 13 heavy (non-hydrogen) atoms. The molecule has 3 heteroatoms. The Balaban J connectivity index is 2.84. The van der Waals surface area contributed by atoms with Gasteiger partial charge in [0.15, 0.2) is 0 Å². The minimum atomic E-state index is 1.06. The van der Waals surface area contributed by atoms with E-state index in [4.69, 9.17) is 0 Å². The quantitative estimate of drug-likeness (QED) is 0.796. The van der Waals surface area contributed by atoms with E-state index in [1.807, 2.05) is 6.92 Å². The summed E-state index contributed by atoms with van der Waals surface area (Å²) in [6, 6.07) is 4.19. The van der Waals surface area contributed by atoms with Crippen molar-refractivity contribution in [2.45, 2.75) is 20.3 Å². The fraction of sp³-hybridized carbons (Fsp3) is 0.500. The summed E-state index contributed by atoms with van der Waals surface area (Å²) >= 11 is 2.30. The Bertz CT molecular complexity index is 286. The first-order valence-electron chi connectivity index (χ1n) is 4.49. The summed E-state index contributed by atoms with van der Waals surface area (Å²) in [6.07, 6.45) is 1.16. The molecular formula is C10H15IN2. The van der Waals surface area contributed by atoms with Gasteiger partial charge in [0, 0.05) is 17.2 Å². The van der Waals surface area contributed by atoms with Crippen LogP contribution in [0.3, 0.4) is 0 Å². The zero-order valence-corrected chi connectivity index (χ0v) is 10.5. The van der Waals surface area contributed by atoms with Crippen molar-refractivity contribution in [2.24, 2.45) is 0 Å². The van der Waals surface area contributed by atoms with Gasteiger partial charge in [-0.3, -0.25) is 0 Å². The summed E-state index contributed by atoms with van der Waals surface area (Å²) in [4.78, 5) is 6.69. The topological polar surface area (TPSA) is 16.1 Å².